The van der Waals surface area contributed by atoms with Gasteiger partial charge >= 0.3 is 0 Å². The molecule has 1 aromatic heterocycles. The summed E-state index contributed by atoms with van der Waals surface area (Å²) in [6.45, 7) is 6.26. The molecule has 0 aliphatic rings. The van der Waals surface area contributed by atoms with E-state index in [9.17, 15) is 4.79 Å². The Balaban J connectivity index is 2.44. The molecule has 1 aromatic carbocycles. The number of aromatic nitrogens is 1. The number of rotatable bonds is 3. The van der Waals surface area contributed by atoms with Crippen LogP contribution in [0, 0.1) is 0 Å². The van der Waals surface area contributed by atoms with Crippen molar-refractivity contribution in [1.29, 1.82) is 0 Å². The average Bonchev–Trinajstić information content (AvgIpc) is 2.48. The first kappa shape index (κ1) is 16.3. The van der Waals surface area contributed by atoms with Gasteiger partial charge in [0.15, 0.2) is 0 Å². The van der Waals surface area contributed by atoms with Crippen molar-refractivity contribution < 1.29 is 4.74 Å². The Labute approximate surface area is 131 Å². The summed E-state index contributed by atoms with van der Waals surface area (Å²) in [5.41, 5.74) is 8.63. The standard InChI is InChI=1S/C18H24N2O2/c1-18(2,3)15-11-10-14(17(21)20(15)4)16(19)12-6-8-13(22-5)9-7-12/h6-11,16H,19H2,1-5H3. The highest BCUT2D eigenvalue weighted by atomic mass is 16.5. The van der Waals surface area contributed by atoms with Gasteiger partial charge in [-0.1, -0.05) is 32.9 Å². The van der Waals surface area contributed by atoms with E-state index in [1.165, 1.54) is 0 Å². The van der Waals surface area contributed by atoms with Crippen LogP contribution in [0.1, 0.15) is 43.6 Å². The summed E-state index contributed by atoms with van der Waals surface area (Å²) in [6, 6.07) is 10.9. The van der Waals surface area contributed by atoms with E-state index >= 15 is 0 Å². The SMILES string of the molecule is COc1ccc(C(N)c2ccc(C(C)(C)C)n(C)c2=O)cc1. The third-order valence-electron chi connectivity index (χ3n) is 3.91. The molecule has 1 atom stereocenters. The molecule has 4 nitrogen and oxygen atoms in total. The Hall–Kier alpha value is -2.07. The minimum absolute atomic E-state index is 0.0456. The van der Waals surface area contributed by atoms with E-state index in [1.54, 1.807) is 18.7 Å². The highest BCUT2D eigenvalue weighted by Gasteiger charge is 2.21. The van der Waals surface area contributed by atoms with Crippen molar-refractivity contribution >= 4 is 0 Å². The largest absolute Gasteiger partial charge is 0.497 e. The molecule has 2 rings (SSSR count). The van der Waals surface area contributed by atoms with Gasteiger partial charge in [-0.05, 0) is 29.8 Å². The monoisotopic (exact) mass is 300 g/mol. The zero-order valence-corrected chi connectivity index (χ0v) is 13.9. The van der Waals surface area contributed by atoms with Gasteiger partial charge in [-0.2, -0.15) is 0 Å². The van der Waals surface area contributed by atoms with Crippen molar-refractivity contribution in [1.82, 2.24) is 4.57 Å². The molecule has 0 saturated carbocycles. The Kier molecular flexibility index (Phi) is 4.42. The van der Waals surface area contributed by atoms with Gasteiger partial charge in [0.2, 0.25) is 0 Å². The van der Waals surface area contributed by atoms with E-state index < -0.39 is 6.04 Å². The van der Waals surface area contributed by atoms with E-state index in [1.807, 2.05) is 36.4 Å². The molecule has 1 unspecified atom stereocenters. The summed E-state index contributed by atoms with van der Waals surface area (Å²) in [7, 11) is 3.42. The summed E-state index contributed by atoms with van der Waals surface area (Å²) in [5.74, 6) is 0.770. The first-order chi connectivity index (χ1) is 10.3. The van der Waals surface area contributed by atoms with Gasteiger partial charge in [0.25, 0.3) is 5.56 Å². The molecule has 4 heteroatoms. The van der Waals surface area contributed by atoms with Crippen molar-refractivity contribution in [3.63, 3.8) is 0 Å². The zero-order chi connectivity index (χ0) is 16.5. The highest BCUT2D eigenvalue weighted by molar-refractivity contribution is 5.35. The van der Waals surface area contributed by atoms with Gasteiger partial charge in [-0.25, -0.2) is 0 Å². The van der Waals surface area contributed by atoms with Gasteiger partial charge in [0, 0.05) is 23.7 Å². The predicted molar refractivity (Wildman–Crippen MR) is 89.4 cm³/mol. The molecule has 0 spiro atoms. The second-order valence-electron chi connectivity index (χ2n) is 6.54. The molecule has 0 aliphatic heterocycles. The Morgan fingerprint density at radius 2 is 1.68 bits per heavy atom. The first-order valence-corrected chi connectivity index (χ1v) is 7.35. The van der Waals surface area contributed by atoms with Crippen molar-refractivity contribution in [2.24, 2.45) is 12.8 Å². The van der Waals surface area contributed by atoms with Gasteiger partial charge in [0.05, 0.1) is 13.2 Å². The maximum atomic E-state index is 12.6. The lowest BCUT2D eigenvalue weighted by atomic mass is 9.90. The van der Waals surface area contributed by atoms with Gasteiger partial charge < -0.3 is 15.0 Å². The van der Waals surface area contributed by atoms with Crippen LogP contribution in [0.3, 0.4) is 0 Å². The van der Waals surface area contributed by atoms with E-state index in [4.69, 9.17) is 10.5 Å². The van der Waals surface area contributed by atoms with Crippen molar-refractivity contribution in [3.05, 3.63) is 63.6 Å². The Morgan fingerprint density at radius 1 is 1.09 bits per heavy atom. The molecule has 22 heavy (non-hydrogen) atoms. The van der Waals surface area contributed by atoms with Crippen LogP contribution in [0.2, 0.25) is 0 Å². The minimum Gasteiger partial charge on any atom is -0.497 e. The summed E-state index contributed by atoms with van der Waals surface area (Å²) in [5, 5.41) is 0. The number of ether oxygens (including phenoxy) is 1. The van der Waals surface area contributed by atoms with Crippen LogP contribution >= 0.6 is 0 Å². The smallest absolute Gasteiger partial charge is 0.255 e. The number of methoxy groups -OCH3 is 1. The molecule has 0 fully saturated rings. The zero-order valence-electron chi connectivity index (χ0n) is 13.9. The normalized spacial score (nSPS) is 13.0. The summed E-state index contributed by atoms with van der Waals surface area (Å²) in [4.78, 5) is 12.6. The number of pyridine rings is 1. The van der Waals surface area contributed by atoms with Gasteiger partial charge in [0.1, 0.15) is 5.75 Å². The number of benzene rings is 1. The molecule has 0 amide bonds. The lowest BCUT2D eigenvalue weighted by molar-refractivity contribution is 0.414. The molecule has 0 bridgehead atoms. The molecule has 1 heterocycles. The lowest BCUT2D eigenvalue weighted by Gasteiger charge is -2.23. The molecule has 0 saturated heterocycles. The Morgan fingerprint density at radius 3 is 2.18 bits per heavy atom. The fraction of sp³-hybridized carbons (Fsp3) is 0.389. The van der Waals surface area contributed by atoms with Crippen LogP contribution in [0.4, 0.5) is 0 Å². The molecule has 2 aromatic rings. The first-order valence-electron chi connectivity index (χ1n) is 7.35. The molecule has 0 aliphatic carbocycles. The van der Waals surface area contributed by atoms with Crippen LogP contribution in [0.5, 0.6) is 5.75 Å². The molecular formula is C18H24N2O2. The highest BCUT2D eigenvalue weighted by Crippen LogP contribution is 2.24. The fourth-order valence-electron chi connectivity index (χ4n) is 2.64. The maximum absolute atomic E-state index is 12.6. The van der Waals surface area contributed by atoms with Crippen LogP contribution in [-0.4, -0.2) is 11.7 Å². The van der Waals surface area contributed by atoms with Crippen LogP contribution in [0.15, 0.2) is 41.2 Å². The fourth-order valence-corrected chi connectivity index (χ4v) is 2.64. The lowest BCUT2D eigenvalue weighted by Crippen LogP contribution is -2.32. The van der Waals surface area contributed by atoms with Crippen LogP contribution in [-0.2, 0) is 12.5 Å². The van der Waals surface area contributed by atoms with E-state index in [-0.39, 0.29) is 11.0 Å². The predicted octanol–water partition coefficient (Wildman–Crippen LogP) is 2.74. The molecule has 2 N–H and O–H groups in total. The molecule has 118 valence electrons. The number of hydrogen-bond donors (Lipinski definition) is 1. The third-order valence-corrected chi connectivity index (χ3v) is 3.91. The summed E-state index contributed by atoms with van der Waals surface area (Å²) in [6.07, 6.45) is 0. The number of hydrogen-bond acceptors (Lipinski definition) is 3. The number of nitrogens with zero attached hydrogens (tertiary/aromatic N) is 1. The minimum atomic E-state index is -0.446. The summed E-state index contributed by atoms with van der Waals surface area (Å²) >= 11 is 0. The van der Waals surface area contributed by atoms with Gasteiger partial charge in [-0.3, -0.25) is 4.79 Å². The van der Waals surface area contributed by atoms with Crippen molar-refractivity contribution in [2.75, 3.05) is 7.11 Å². The summed E-state index contributed by atoms with van der Waals surface area (Å²) < 4.78 is 6.84. The molecular weight excluding hydrogens is 276 g/mol. The average molecular weight is 300 g/mol. The number of nitrogens with two attached hydrogens (primary N) is 1. The van der Waals surface area contributed by atoms with Gasteiger partial charge in [-0.15, -0.1) is 0 Å². The third kappa shape index (κ3) is 3.07. The van der Waals surface area contributed by atoms with E-state index in [0.717, 1.165) is 17.0 Å². The van der Waals surface area contributed by atoms with E-state index in [0.29, 0.717) is 5.56 Å². The second-order valence-corrected chi connectivity index (χ2v) is 6.54. The Bertz CT molecular complexity index is 709. The van der Waals surface area contributed by atoms with Crippen LogP contribution in [0.25, 0.3) is 0 Å². The van der Waals surface area contributed by atoms with Crippen molar-refractivity contribution in [2.45, 2.75) is 32.2 Å². The van der Waals surface area contributed by atoms with Crippen molar-refractivity contribution in [3.8, 4) is 5.75 Å². The maximum Gasteiger partial charge on any atom is 0.255 e. The topological polar surface area (TPSA) is 57.2 Å². The quantitative estimate of drug-likeness (QED) is 0.948. The second kappa shape index (κ2) is 5.97. The van der Waals surface area contributed by atoms with Crippen LogP contribution < -0.4 is 16.0 Å². The molecule has 0 radical (unpaired) electrons. The van der Waals surface area contributed by atoms with E-state index in [2.05, 4.69) is 20.8 Å².